The van der Waals surface area contributed by atoms with Gasteiger partial charge in [0, 0.05) is 25.7 Å². The Bertz CT molecular complexity index is 1130. The van der Waals surface area contributed by atoms with Crippen molar-refractivity contribution < 1.29 is 22.4 Å². The van der Waals surface area contributed by atoms with E-state index < -0.39 is 12.1 Å². The standard InChI is InChI=1S/C26H26F4N2O/c1-17(20-11-6-8-18-7-2-3-9-21(18)20)31-15-19-16-32(25(33)26(28,29)30)14-13-22(19)23-10-4-5-12-24(23)27/h2-12,17,19,22,31H,13-16H2,1H3/t17-,19?,22?/m1/s1. The fourth-order valence-corrected chi connectivity index (χ4v) is 4.85. The molecule has 7 heteroatoms. The van der Waals surface area contributed by atoms with E-state index in [1.54, 1.807) is 18.2 Å². The number of nitrogens with zero attached hydrogens (tertiary/aromatic N) is 1. The predicted molar refractivity (Wildman–Crippen MR) is 120 cm³/mol. The first kappa shape index (κ1) is 23.2. The highest BCUT2D eigenvalue weighted by Crippen LogP contribution is 2.36. The lowest BCUT2D eigenvalue weighted by atomic mass is 9.80. The van der Waals surface area contributed by atoms with Gasteiger partial charge in [0.25, 0.3) is 0 Å². The molecule has 3 atom stereocenters. The van der Waals surface area contributed by atoms with Crippen LogP contribution in [0.15, 0.2) is 66.7 Å². The Hall–Kier alpha value is -2.93. The molecule has 1 saturated heterocycles. The normalized spacial score (nSPS) is 20.1. The Labute approximate surface area is 190 Å². The summed E-state index contributed by atoms with van der Waals surface area (Å²) < 4.78 is 53.7. The van der Waals surface area contributed by atoms with E-state index in [4.69, 9.17) is 0 Å². The van der Waals surface area contributed by atoms with Gasteiger partial charge >= 0.3 is 12.1 Å². The number of amides is 1. The van der Waals surface area contributed by atoms with Gasteiger partial charge in [-0.15, -0.1) is 0 Å². The molecule has 1 N–H and O–H groups in total. The first-order valence-electron chi connectivity index (χ1n) is 11.1. The van der Waals surface area contributed by atoms with Crippen molar-refractivity contribution in [3.63, 3.8) is 0 Å². The minimum absolute atomic E-state index is 0.0489. The van der Waals surface area contributed by atoms with Crippen molar-refractivity contribution in [2.45, 2.75) is 31.5 Å². The average Bonchev–Trinajstić information content (AvgIpc) is 2.81. The van der Waals surface area contributed by atoms with Gasteiger partial charge in [-0.2, -0.15) is 13.2 Å². The molecular formula is C26H26F4N2O. The van der Waals surface area contributed by atoms with Gasteiger partial charge in [-0.3, -0.25) is 4.79 Å². The van der Waals surface area contributed by atoms with Gasteiger partial charge in [-0.05, 0) is 53.1 Å². The molecule has 33 heavy (non-hydrogen) atoms. The van der Waals surface area contributed by atoms with Crippen LogP contribution in [0.5, 0.6) is 0 Å². The molecule has 0 aromatic heterocycles. The van der Waals surface area contributed by atoms with Crippen LogP contribution in [0.3, 0.4) is 0 Å². The highest BCUT2D eigenvalue weighted by Gasteiger charge is 2.45. The van der Waals surface area contributed by atoms with Crippen LogP contribution in [0.2, 0.25) is 0 Å². The number of likely N-dealkylation sites (tertiary alicyclic amines) is 1. The highest BCUT2D eigenvalue weighted by molar-refractivity contribution is 5.86. The molecule has 1 aliphatic rings. The monoisotopic (exact) mass is 458 g/mol. The Morgan fingerprint density at radius 3 is 2.52 bits per heavy atom. The SMILES string of the molecule is C[C@@H](NCC1CN(C(=O)C(F)(F)F)CCC1c1ccccc1F)c1cccc2ccccc12. The second-order valence-corrected chi connectivity index (χ2v) is 8.62. The molecule has 1 heterocycles. The molecule has 1 aliphatic heterocycles. The number of benzene rings is 3. The quantitative estimate of drug-likeness (QED) is 0.489. The van der Waals surface area contributed by atoms with Crippen molar-refractivity contribution in [2.75, 3.05) is 19.6 Å². The third kappa shape index (κ3) is 5.03. The van der Waals surface area contributed by atoms with Crippen LogP contribution in [0.4, 0.5) is 17.6 Å². The van der Waals surface area contributed by atoms with Crippen LogP contribution in [0.25, 0.3) is 10.8 Å². The van der Waals surface area contributed by atoms with Gasteiger partial charge in [0.2, 0.25) is 0 Å². The third-order valence-electron chi connectivity index (χ3n) is 6.54. The van der Waals surface area contributed by atoms with Crippen LogP contribution in [0, 0.1) is 11.7 Å². The number of carbonyl (C=O) groups is 1. The van der Waals surface area contributed by atoms with E-state index in [0.717, 1.165) is 21.2 Å². The lowest BCUT2D eigenvalue weighted by molar-refractivity contribution is -0.187. The maximum absolute atomic E-state index is 14.5. The molecular weight excluding hydrogens is 432 g/mol. The van der Waals surface area contributed by atoms with Crippen molar-refractivity contribution >= 4 is 16.7 Å². The number of halogens is 4. The molecule has 0 saturated carbocycles. The summed E-state index contributed by atoms with van der Waals surface area (Å²) in [7, 11) is 0. The van der Waals surface area contributed by atoms with Gasteiger partial charge in [0.05, 0.1) is 0 Å². The zero-order valence-electron chi connectivity index (χ0n) is 18.3. The topological polar surface area (TPSA) is 32.3 Å². The summed E-state index contributed by atoms with van der Waals surface area (Å²) >= 11 is 0. The van der Waals surface area contributed by atoms with Crippen LogP contribution in [-0.2, 0) is 4.79 Å². The minimum atomic E-state index is -4.92. The van der Waals surface area contributed by atoms with E-state index in [-0.39, 0.29) is 43.2 Å². The van der Waals surface area contributed by atoms with Crippen molar-refractivity contribution in [3.8, 4) is 0 Å². The molecule has 3 aromatic rings. The van der Waals surface area contributed by atoms with E-state index in [9.17, 15) is 22.4 Å². The number of hydrogen-bond donors (Lipinski definition) is 1. The van der Waals surface area contributed by atoms with E-state index in [2.05, 4.69) is 5.32 Å². The summed E-state index contributed by atoms with van der Waals surface area (Å²) in [6.07, 6.45) is -4.64. The summed E-state index contributed by atoms with van der Waals surface area (Å²) in [5, 5.41) is 5.64. The summed E-state index contributed by atoms with van der Waals surface area (Å²) in [5.74, 6) is -2.85. The van der Waals surface area contributed by atoms with E-state index in [0.29, 0.717) is 12.1 Å². The molecule has 0 aliphatic carbocycles. The molecule has 2 unspecified atom stereocenters. The number of carbonyl (C=O) groups excluding carboxylic acids is 1. The number of hydrogen-bond acceptors (Lipinski definition) is 2. The van der Waals surface area contributed by atoms with Crippen LogP contribution in [0.1, 0.15) is 36.4 Å². The number of fused-ring (bicyclic) bond motifs is 1. The zero-order chi connectivity index (χ0) is 23.6. The van der Waals surface area contributed by atoms with Crippen LogP contribution >= 0.6 is 0 Å². The molecule has 174 valence electrons. The Kier molecular flexibility index (Phi) is 6.70. The second kappa shape index (κ2) is 9.51. The zero-order valence-corrected chi connectivity index (χ0v) is 18.3. The number of rotatable bonds is 5. The molecule has 1 amide bonds. The van der Waals surface area contributed by atoms with Gasteiger partial charge < -0.3 is 10.2 Å². The number of alkyl halides is 3. The van der Waals surface area contributed by atoms with E-state index in [1.807, 2.05) is 49.4 Å². The van der Waals surface area contributed by atoms with Gasteiger partial charge in [-0.1, -0.05) is 60.7 Å². The van der Waals surface area contributed by atoms with E-state index >= 15 is 0 Å². The van der Waals surface area contributed by atoms with Crippen molar-refractivity contribution in [1.82, 2.24) is 10.2 Å². The molecule has 1 fully saturated rings. The summed E-state index contributed by atoms with van der Waals surface area (Å²) in [6.45, 7) is 2.23. The molecule has 0 radical (unpaired) electrons. The smallest absolute Gasteiger partial charge is 0.335 e. The van der Waals surface area contributed by atoms with Crippen LogP contribution < -0.4 is 5.32 Å². The largest absolute Gasteiger partial charge is 0.471 e. The summed E-state index contributed by atoms with van der Waals surface area (Å²) in [4.78, 5) is 12.7. The van der Waals surface area contributed by atoms with Gasteiger partial charge in [-0.25, -0.2) is 4.39 Å². The third-order valence-corrected chi connectivity index (χ3v) is 6.54. The summed E-state index contributed by atoms with van der Waals surface area (Å²) in [5.41, 5.74) is 1.57. The average molecular weight is 458 g/mol. The fraction of sp³-hybridized carbons (Fsp3) is 0.346. The highest BCUT2D eigenvalue weighted by atomic mass is 19.4. The Balaban J connectivity index is 1.56. The number of nitrogens with one attached hydrogen (secondary N) is 1. The van der Waals surface area contributed by atoms with Crippen LogP contribution in [-0.4, -0.2) is 36.6 Å². The van der Waals surface area contributed by atoms with Crippen molar-refractivity contribution in [3.05, 3.63) is 83.7 Å². The lowest BCUT2D eigenvalue weighted by Crippen LogP contribution is -2.50. The fourth-order valence-electron chi connectivity index (χ4n) is 4.85. The van der Waals surface area contributed by atoms with Gasteiger partial charge in [0.1, 0.15) is 5.82 Å². The minimum Gasteiger partial charge on any atom is -0.335 e. The molecule has 3 nitrogen and oxygen atoms in total. The number of piperidine rings is 1. The first-order chi connectivity index (χ1) is 15.8. The molecule has 0 bridgehead atoms. The predicted octanol–water partition coefficient (Wildman–Crippen LogP) is 5.82. The van der Waals surface area contributed by atoms with Gasteiger partial charge in [0.15, 0.2) is 0 Å². The molecule has 4 rings (SSSR count). The molecule has 3 aromatic carbocycles. The lowest BCUT2D eigenvalue weighted by Gasteiger charge is -2.39. The van der Waals surface area contributed by atoms with E-state index in [1.165, 1.54) is 6.07 Å². The van der Waals surface area contributed by atoms with Crippen molar-refractivity contribution in [2.24, 2.45) is 5.92 Å². The second-order valence-electron chi connectivity index (χ2n) is 8.62. The Morgan fingerprint density at radius 2 is 1.76 bits per heavy atom. The maximum Gasteiger partial charge on any atom is 0.471 e. The van der Waals surface area contributed by atoms with Crippen molar-refractivity contribution in [1.29, 1.82) is 0 Å². The first-order valence-corrected chi connectivity index (χ1v) is 11.1. The Morgan fingerprint density at radius 1 is 1.06 bits per heavy atom. The molecule has 0 spiro atoms. The summed E-state index contributed by atoms with van der Waals surface area (Å²) in [6, 6.07) is 20.3. The maximum atomic E-state index is 14.5.